The van der Waals surface area contributed by atoms with Gasteiger partial charge >= 0.3 is 0 Å². The van der Waals surface area contributed by atoms with Crippen LogP contribution in [0.1, 0.15) is 5.69 Å². The summed E-state index contributed by atoms with van der Waals surface area (Å²) < 4.78 is 13.0. The van der Waals surface area contributed by atoms with Gasteiger partial charge in [0.2, 0.25) is 0 Å². The number of benzene rings is 3. The minimum absolute atomic E-state index is 0.517. The molecule has 3 aromatic carbocycles. The van der Waals surface area contributed by atoms with Crippen LogP contribution in [0.5, 0.6) is 11.5 Å². The zero-order valence-corrected chi connectivity index (χ0v) is 19.2. The molecule has 0 spiro atoms. The molecule has 5 nitrogen and oxygen atoms in total. The lowest BCUT2D eigenvalue weighted by Crippen LogP contribution is -1.99. The number of fused-ring (bicyclic) bond motifs is 3. The molecule has 0 saturated carbocycles. The van der Waals surface area contributed by atoms with E-state index in [2.05, 4.69) is 0 Å². The third kappa shape index (κ3) is 3.17. The summed E-state index contributed by atoms with van der Waals surface area (Å²) in [6.07, 6.45) is 0. The average molecular weight is 464 g/mol. The number of hydrogen-bond donors (Lipinski definition) is 0. The first-order chi connectivity index (χ1) is 15.5. The Morgan fingerprint density at radius 1 is 0.812 bits per heavy atom. The fraction of sp³-hybridized carbons (Fsp3) is 0.120. The molecule has 0 aliphatic heterocycles. The topological polar surface area (TPSA) is 49.2 Å². The van der Waals surface area contributed by atoms with Crippen LogP contribution in [0.15, 0.2) is 60.7 Å². The Labute approximate surface area is 195 Å². The Kier molecular flexibility index (Phi) is 5.16. The van der Waals surface area contributed by atoms with Gasteiger partial charge in [-0.25, -0.2) is 9.67 Å². The summed E-state index contributed by atoms with van der Waals surface area (Å²) in [6, 6.07) is 19.2. The van der Waals surface area contributed by atoms with E-state index in [1.54, 1.807) is 26.4 Å². The first kappa shape index (κ1) is 20.6. The fourth-order valence-corrected chi connectivity index (χ4v) is 4.62. The van der Waals surface area contributed by atoms with Gasteiger partial charge in [0.1, 0.15) is 0 Å². The van der Waals surface area contributed by atoms with Crippen molar-refractivity contribution in [1.82, 2.24) is 14.8 Å². The summed E-state index contributed by atoms with van der Waals surface area (Å²) in [6.45, 7) is 1.97. The lowest BCUT2D eigenvalue weighted by molar-refractivity contribution is 0.356. The zero-order valence-electron chi connectivity index (χ0n) is 17.7. The van der Waals surface area contributed by atoms with Crippen LogP contribution < -0.4 is 9.47 Å². The van der Waals surface area contributed by atoms with Gasteiger partial charge in [0.15, 0.2) is 17.1 Å². The number of nitrogens with zero attached hydrogens (tertiary/aromatic N) is 3. The zero-order chi connectivity index (χ0) is 22.4. The van der Waals surface area contributed by atoms with E-state index < -0.39 is 0 Å². The molecule has 5 rings (SSSR count). The van der Waals surface area contributed by atoms with Crippen molar-refractivity contribution in [3.05, 3.63) is 76.4 Å². The number of aromatic nitrogens is 3. The second-order valence-corrected chi connectivity index (χ2v) is 8.16. The Morgan fingerprint density at radius 3 is 2.06 bits per heavy atom. The maximum absolute atomic E-state index is 6.61. The smallest absolute Gasteiger partial charge is 0.164 e. The molecule has 5 aromatic rings. The van der Waals surface area contributed by atoms with E-state index >= 15 is 0 Å². The van der Waals surface area contributed by atoms with E-state index in [9.17, 15) is 0 Å². The minimum atomic E-state index is 0.517. The number of aryl methyl sites for hydroxylation is 1. The SMILES string of the molecule is COc1cc2c(-c3c(Cl)cccc3Cl)nc3c(c(C)nn3-c3ccccc3)c2cc1OC. The minimum Gasteiger partial charge on any atom is -0.493 e. The Hall–Kier alpha value is -3.28. The number of para-hydroxylation sites is 1. The van der Waals surface area contributed by atoms with Gasteiger partial charge in [0, 0.05) is 16.3 Å². The van der Waals surface area contributed by atoms with Crippen molar-refractivity contribution in [2.75, 3.05) is 14.2 Å². The molecule has 0 fully saturated rings. The number of ether oxygens (including phenoxy) is 2. The lowest BCUT2D eigenvalue weighted by atomic mass is 10.00. The molecule has 2 aromatic heterocycles. The Bertz CT molecular complexity index is 1460. The molecular weight excluding hydrogens is 445 g/mol. The molecule has 32 heavy (non-hydrogen) atoms. The number of rotatable bonds is 4. The number of methoxy groups -OCH3 is 2. The van der Waals surface area contributed by atoms with Crippen molar-refractivity contribution in [3.63, 3.8) is 0 Å². The van der Waals surface area contributed by atoms with E-state index in [-0.39, 0.29) is 0 Å². The van der Waals surface area contributed by atoms with Crippen LogP contribution in [0.3, 0.4) is 0 Å². The van der Waals surface area contributed by atoms with Crippen LogP contribution in [0.2, 0.25) is 10.0 Å². The van der Waals surface area contributed by atoms with Crippen LogP contribution in [-0.2, 0) is 0 Å². The first-order valence-electron chi connectivity index (χ1n) is 9.98. The van der Waals surface area contributed by atoms with Crippen molar-refractivity contribution in [2.24, 2.45) is 0 Å². The van der Waals surface area contributed by atoms with Gasteiger partial charge in [-0.1, -0.05) is 47.5 Å². The fourth-order valence-electron chi connectivity index (χ4n) is 4.05. The van der Waals surface area contributed by atoms with Crippen LogP contribution >= 0.6 is 23.2 Å². The van der Waals surface area contributed by atoms with Crippen molar-refractivity contribution < 1.29 is 9.47 Å². The summed E-state index contributed by atoms with van der Waals surface area (Å²) in [4.78, 5) is 5.06. The monoisotopic (exact) mass is 463 g/mol. The van der Waals surface area contributed by atoms with Crippen LogP contribution in [0.4, 0.5) is 0 Å². The molecule has 0 aliphatic carbocycles. The molecular formula is C25H19Cl2N3O2. The van der Waals surface area contributed by atoms with Gasteiger partial charge in [-0.05, 0) is 43.3 Å². The van der Waals surface area contributed by atoms with Crippen molar-refractivity contribution in [1.29, 1.82) is 0 Å². The van der Waals surface area contributed by atoms with Gasteiger partial charge in [-0.2, -0.15) is 5.10 Å². The molecule has 0 unspecified atom stereocenters. The molecule has 160 valence electrons. The third-order valence-corrected chi connectivity index (χ3v) is 6.13. The lowest BCUT2D eigenvalue weighted by Gasteiger charge is -2.15. The summed E-state index contributed by atoms with van der Waals surface area (Å²) in [5, 5.41) is 8.54. The molecule has 7 heteroatoms. The van der Waals surface area contributed by atoms with Gasteiger partial charge in [0.25, 0.3) is 0 Å². The number of hydrogen-bond acceptors (Lipinski definition) is 4. The Balaban J connectivity index is 1.99. The summed E-state index contributed by atoms with van der Waals surface area (Å²) in [5.74, 6) is 1.22. The van der Waals surface area contributed by atoms with E-state index in [0.29, 0.717) is 38.4 Å². The van der Waals surface area contributed by atoms with Gasteiger partial charge in [0.05, 0.1) is 46.7 Å². The molecule has 0 atom stereocenters. The quantitative estimate of drug-likeness (QED) is 0.291. The molecule has 2 heterocycles. The number of halogens is 2. The van der Waals surface area contributed by atoms with Crippen molar-refractivity contribution >= 4 is 45.0 Å². The Morgan fingerprint density at radius 2 is 1.44 bits per heavy atom. The molecule has 0 N–H and O–H groups in total. The maximum Gasteiger partial charge on any atom is 0.164 e. The normalized spacial score (nSPS) is 11.3. The highest BCUT2D eigenvalue weighted by Gasteiger charge is 2.22. The highest BCUT2D eigenvalue weighted by Crippen LogP contribution is 2.44. The van der Waals surface area contributed by atoms with E-state index in [1.165, 1.54) is 0 Å². The van der Waals surface area contributed by atoms with Crippen LogP contribution in [0.25, 0.3) is 38.8 Å². The van der Waals surface area contributed by atoms with Crippen molar-refractivity contribution in [3.8, 4) is 28.4 Å². The third-order valence-electron chi connectivity index (χ3n) is 5.50. The van der Waals surface area contributed by atoms with E-state index in [1.807, 2.05) is 60.1 Å². The van der Waals surface area contributed by atoms with E-state index in [4.69, 9.17) is 42.8 Å². The van der Waals surface area contributed by atoms with Crippen molar-refractivity contribution in [2.45, 2.75) is 6.92 Å². The highest BCUT2D eigenvalue weighted by atomic mass is 35.5. The summed E-state index contributed by atoms with van der Waals surface area (Å²) in [7, 11) is 3.23. The molecule has 0 aliphatic rings. The molecule has 0 amide bonds. The second kappa shape index (κ2) is 8.01. The summed E-state index contributed by atoms with van der Waals surface area (Å²) in [5.41, 5.74) is 3.79. The number of pyridine rings is 1. The second-order valence-electron chi connectivity index (χ2n) is 7.34. The molecule has 0 bridgehead atoms. The molecule has 0 radical (unpaired) electrons. The highest BCUT2D eigenvalue weighted by molar-refractivity contribution is 6.39. The van der Waals surface area contributed by atoms with Crippen LogP contribution in [-0.4, -0.2) is 29.0 Å². The van der Waals surface area contributed by atoms with E-state index in [0.717, 1.165) is 27.5 Å². The predicted octanol–water partition coefficient (Wildman–Crippen LogP) is 6.87. The van der Waals surface area contributed by atoms with Gasteiger partial charge in [-0.3, -0.25) is 0 Å². The predicted molar refractivity (Wildman–Crippen MR) is 130 cm³/mol. The largest absolute Gasteiger partial charge is 0.493 e. The average Bonchev–Trinajstić information content (AvgIpc) is 3.15. The first-order valence-corrected chi connectivity index (χ1v) is 10.7. The van der Waals surface area contributed by atoms with Gasteiger partial charge in [-0.15, -0.1) is 0 Å². The van der Waals surface area contributed by atoms with Gasteiger partial charge < -0.3 is 9.47 Å². The standard InChI is InChI=1S/C25H19Cl2N3O2/c1-14-22-16-12-20(31-2)21(32-3)13-17(16)24(23-18(26)10-7-11-19(23)27)28-25(22)30(29-14)15-8-5-4-6-9-15/h4-13H,1-3H3. The van der Waals surface area contributed by atoms with Crippen LogP contribution in [0, 0.1) is 6.92 Å². The maximum atomic E-state index is 6.61. The summed E-state index contributed by atoms with van der Waals surface area (Å²) >= 11 is 13.2. The molecule has 0 saturated heterocycles.